The molecule has 116 valence electrons. The number of likely N-dealkylation sites (tertiary alicyclic amines) is 1. The van der Waals surface area contributed by atoms with E-state index in [0.29, 0.717) is 24.2 Å². The Morgan fingerprint density at radius 2 is 2.29 bits per heavy atom. The monoisotopic (exact) mass is 292 g/mol. The average Bonchev–Trinajstić information content (AvgIpc) is 3.19. The first-order valence-electron chi connectivity index (χ1n) is 8.01. The zero-order chi connectivity index (χ0) is 14.8. The van der Waals surface area contributed by atoms with Crippen LogP contribution in [-0.2, 0) is 4.79 Å². The molecule has 2 unspecified atom stereocenters. The Hall–Kier alpha value is -1.43. The predicted octanol–water partition coefficient (Wildman–Crippen LogP) is 2.00. The van der Waals surface area contributed by atoms with Crippen molar-refractivity contribution in [2.75, 3.05) is 13.1 Å². The van der Waals surface area contributed by atoms with E-state index in [2.05, 4.69) is 15.5 Å². The molecular weight excluding hydrogens is 268 g/mol. The van der Waals surface area contributed by atoms with E-state index in [1.165, 1.54) is 6.42 Å². The molecule has 1 N–H and O–H groups in total. The summed E-state index contributed by atoms with van der Waals surface area (Å²) in [5.41, 5.74) is 0. The highest BCUT2D eigenvalue weighted by Gasteiger charge is 2.34. The van der Waals surface area contributed by atoms with Gasteiger partial charge in [-0.15, -0.1) is 0 Å². The lowest BCUT2D eigenvalue weighted by molar-refractivity contribution is -0.132. The van der Waals surface area contributed by atoms with Gasteiger partial charge >= 0.3 is 0 Å². The minimum atomic E-state index is -0.00449. The summed E-state index contributed by atoms with van der Waals surface area (Å²) >= 11 is 0. The molecule has 0 aliphatic carbocycles. The van der Waals surface area contributed by atoms with Crippen molar-refractivity contribution in [2.24, 2.45) is 0 Å². The Morgan fingerprint density at radius 3 is 2.95 bits per heavy atom. The lowest BCUT2D eigenvalue weighted by Crippen LogP contribution is -2.35. The van der Waals surface area contributed by atoms with E-state index in [9.17, 15) is 4.79 Å². The van der Waals surface area contributed by atoms with Gasteiger partial charge in [-0.1, -0.05) is 19.0 Å². The van der Waals surface area contributed by atoms with Crippen LogP contribution < -0.4 is 5.32 Å². The number of amides is 1. The molecule has 2 aliphatic rings. The van der Waals surface area contributed by atoms with Crippen molar-refractivity contribution in [2.45, 2.75) is 64.0 Å². The largest absolute Gasteiger partial charge is 0.339 e. The predicted molar refractivity (Wildman–Crippen MR) is 77.7 cm³/mol. The molecule has 21 heavy (non-hydrogen) atoms. The molecule has 1 aromatic heterocycles. The molecule has 1 aromatic rings. The number of hydrogen-bond acceptors (Lipinski definition) is 5. The molecule has 1 amide bonds. The molecule has 0 spiro atoms. The quantitative estimate of drug-likeness (QED) is 0.919. The Balaban J connectivity index is 1.67. The first kappa shape index (κ1) is 14.5. The Labute approximate surface area is 125 Å². The number of nitrogens with one attached hydrogen (secondary N) is 1. The Morgan fingerprint density at radius 1 is 1.43 bits per heavy atom. The molecular formula is C15H24N4O2. The summed E-state index contributed by atoms with van der Waals surface area (Å²) in [6.07, 6.45) is 4.81. The molecule has 2 atom stereocenters. The van der Waals surface area contributed by atoms with Crippen molar-refractivity contribution in [1.29, 1.82) is 0 Å². The van der Waals surface area contributed by atoms with E-state index >= 15 is 0 Å². The zero-order valence-electron chi connectivity index (χ0n) is 12.8. The van der Waals surface area contributed by atoms with E-state index in [1.807, 2.05) is 18.7 Å². The zero-order valence-corrected chi connectivity index (χ0v) is 12.8. The van der Waals surface area contributed by atoms with Crippen molar-refractivity contribution in [3.05, 3.63) is 11.7 Å². The molecule has 2 saturated heterocycles. The van der Waals surface area contributed by atoms with E-state index in [0.717, 1.165) is 32.4 Å². The third-order valence-electron chi connectivity index (χ3n) is 4.41. The van der Waals surface area contributed by atoms with Gasteiger partial charge < -0.3 is 14.7 Å². The van der Waals surface area contributed by atoms with Gasteiger partial charge in [-0.2, -0.15) is 4.98 Å². The highest BCUT2D eigenvalue weighted by molar-refractivity contribution is 5.77. The fourth-order valence-electron chi connectivity index (χ4n) is 3.21. The van der Waals surface area contributed by atoms with Gasteiger partial charge in [0.2, 0.25) is 11.8 Å². The van der Waals surface area contributed by atoms with Crippen LogP contribution in [0.15, 0.2) is 4.52 Å². The van der Waals surface area contributed by atoms with Gasteiger partial charge in [-0.3, -0.25) is 4.79 Å². The fraction of sp³-hybridized carbons (Fsp3) is 0.800. The van der Waals surface area contributed by atoms with Gasteiger partial charge in [-0.05, 0) is 32.2 Å². The van der Waals surface area contributed by atoms with Crippen molar-refractivity contribution in [1.82, 2.24) is 20.4 Å². The normalized spacial score (nSPS) is 26.0. The SMILES string of the molecule is CC(C)c1nc(C2CCCN2C(=O)CC2CCCN2)no1. The minimum absolute atomic E-state index is 0.00449. The second-order valence-corrected chi connectivity index (χ2v) is 6.39. The van der Waals surface area contributed by atoms with Crippen LogP contribution in [0.1, 0.15) is 69.6 Å². The number of hydrogen-bond donors (Lipinski definition) is 1. The number of carbonyl (C=O) groups excluding carboxylic acids is 1. The second kappa shape index (κ2) is 6.13. The van der Waals surface area contributed by atoms with Crippen LogP contribution in [0, 0.1) is 0 Å². The number of aromatic nitrogens is 2. The summed E-state index contributed by atoms with van der Waals surface area (Å²) in [6.45, 7) is 5.90. The summed E-state index contributed by atoms with van der Waals surface area (Å²) in [5.74, 6) is 1.76. The van der Waals surface area contributed by atoms with Gasteiger partial charge in [0.25, 0.3) is 0 Å². The van der Waals surface area contributed by atoms with Gasteiger partial charge in [0.05, 0.1) is 6.04 Å². The van der Waals surface area contributed by atoms with E-state index in [4.69, 9.17) is 4.52 Å². The standard InChI is InChI=1S/C15H24N4O2/c1-10(2)15-17-14(18-21-15)12-6-4-8-19(12)13(20)9-11-5-3-7-16-11/h10-12,16H,3-9H2,1-2H3. The summed E-state index contributed by atoms with van der Waals surface area (Å²) in [4.78, 5) is 18.9. The molecule has 3 heterocycles. The van der Waals surface area contributed by atoms with Crippen molar-refractivity contribution < 1.29 is 9.32 Å². The van der Waals surface area contributed by atoms with Crippen LogP contribution in [0.5, 0.6) is 0 Å². The molecule has 0 radical (unpaired) electrons. The van der Waals surface area contributed by atoms with Crippen LogP contribution in [0.3, 0.4) is 0 Å². The highest BCUT2D eigenvalue weighted by Crippen LogP contribution is 2.31. The van der Waals surface area contributed by atoms with Gasteiger partial charge in [0.1, 0.15) is 0 Å². The van der Waals surface area contributed by atoms with Crippen molar-refractivity contribution in [3.63, 3.8) is 0 Å². The number of carbonyl (C=O) groups is 1. The van der Waals surface area contributed by atoms with Gasteiger partial charge in [0, 0.05) is 24.9 Å². The lowest BCUT2D eigenvalue weighted by Gasteiger charge is -2.23. The van der Waals surface area contributed by atoms with Crippen LogP contribution in [0.25, 0.3) is 0 Å². The second-order valence-electron chi connectivity index (χ2n) is 6.39. The maximum atomic E-state index is 12.5. The Kier molecular flexibility index (Phi) is 4.24. The fourth-order valence-corrected chi connectivity index (χ4v) is 3.21. The lowest BCUT2D eigenvalue weighted by atomic mass is 10.1. The topological polar surface area (TPSA) is 71.3 Å². The van der Waals surface area contributed by atoms with Crippen LogP contribution in [-0.4, -0.2) is 40.1 Å². The summed E-state index contributed by atoms with van der Waals surface area (Å²) in [6, 6.07) is 0.338. The van der Waals surface area contributed by atoms with Crippen molar-refractivity contribution >= 4 is 5.91 Å². The third-order valence-corrected chi connectivity index (χ3v) is 4.41. The molecule has 0 bridgehead atoms. The molecule has 6 heteroatoms. The van der Waals surface area contributed by atoms with Crippen LogP contribution in [0.4, 0.5) is 0 Å². The number of rotatable bonds is 4. The first-order valence-corrected chi connectivity index (χ1v) is 8.01. The molecule has 2 aliphatic heterocycles. The molecule has 2 fully saturated rings. The minimum Gasteiger partial charge on any atom is -0.339 e. The summed E-state index contributed by atoms with van der Waals surface area (Å²) in [7, 11) is 0. The number of nitrogens with zero attached hydrogens (tertiary/aromatic N) is 3. The van der Waals surface area contributed by atoms with Crippen LogP contribution >= 0.6 is 0 Å². The van der Waals surface area contributed by atoms with E-state index in [1.54, 1.807) is 0 Å². The highest BCUT2D eigenvalue weighted by atomic mass is 16.5. The van der Waals surface area contributed by atoms with E-state index in [-0.39, 0.29) is 17.9 Å². The molecule has 0 saturated carbocycles. The maximum absolute atomic E-state index is 12.5. The molecule has 3 rings (SSSR count). The van der Waals surface area contributed by atoms with Gasteiger partial charge in [0.15, 0.2) is 5.82 Å². The summed E-state index contributed by atoms with van der Waals surface area (Å²) in [5, 5.41) is 7.48. The van der Waals surface area contributed by atoms with Crippen molar-refractivity contribution in [3.8, 4) is 0 Å². The molecule has 6 nitrogen and oxygen atoms in total. The summed E-state index contributed by atoms with van der Waals surface area (Å²) < 4.78 is 5.29. The maximum Gasteiger partial charge on any atom is 0.229 e. The average molecular weight is 292 g/mol. The first-order chi connectivity index (χ1) is 10.1. The Bertz CT molecular complexity index is 494. The van der Waals surface area contributed by atoms with Gasteiger partial charge in [-0.25, -0.2) is 0 Å². The molecule has 0 aromatic carbocycles. The van der Waals surface area contributed by atoms with E-state index < -0.39 is 0 Å². The smallest absolute Gasteiger partial charge is 0.229 e. The van der Waals surface area contributed by atoms with Crippen LogP contribution in [0.2, 0.25) is 0 Å². The third kappa shape index (κ3) is 3.10.